The summed E-state index contributed by atoms with van der Waals surface area (Å²) in [6.07, 6.45) is 1.18. The molecular weight excluding hydrogens is 192 g/mol. The summed E-state index contributed by atoms with van der Waals surface area (Å²) in [5, 5.41) is 0. The molecule has 14 heavy (non-hydrogen) atoms. The second-order valence-corrected chi connectivity index (χ2v) is 8.92. The zero-order valence-corrected chi connectivity index (χ0v) is 11.0. The zero-order valence-electron chi connectivity index (χ0n) is 10.0. The van der Waals surface area contributed by atoms with Crippen LogP contribution in [0.3, 0.4) is 0 Å². The van der Waals surface area contributed by atoms with E-state index in [1.807, 2.05) is 7.11 Å². The topological polar surface area (TPSA) is 15.7 Å². The lowest BCUT2D eigenvalue weighted by Crippen LogP contribution is -2.52. The van der Waals surface area contributed by atoms with Crippen LogP contribution in [0.15, 0.2) is 0 Å². The van der Waals surface area contributed by atoms with Crippen LogP contribution in [0.1, 0.15) is 6.92 Å². The molecule has 0 bridgehead atoms. The van der Waals surface area contributed by atoms with Crippen molar-refractivity contribution in [3.05, 3.63) is 0 Å². The molecule has 1 fully saturated rings. The van der Waals surface area contributed by atoms with Gasteiger partial charge in [-0.05, 0) is 19.6 Å². The molecule has 0 atom stereocenters. The first-order valence-electron chi connectivity index (χ1n) is 5.57. The van der Waals surface area contributed by atoms with Crippen molar-refractivity contribution in [1.82, 2.24) is 9.80 Å². The molecule has 0 saturated carbocycles. The number of nitrogens with zero attached hydrogens (tertiary/aromatic N) is 2. The van der Waals surface area contributed by atoms with E-state index in [0.717, 1.165) is 0 Å². The summed E-state index contributed by atoms with van der Waals surface area (Å²) in [6, 6.07) is 0. The van der Waals surface area contributed by atoms with Gasteiger partial charge in [-0.15, -0.1) is 0 Å². The van der Waals surface area contributed by atoms with Crippen LogP contribution < -0.4 is 0 Å². The van der Waals surface area contributed by atoms with E-state index < -0.39 is 8.32 Å². The van der Waals surface area contributed by atoms with Gasteiger partial charge in [-0.3, -0.25) is 0 Å². The van der Waals surface area contributed by atoms with Gasteiger partial charge < -0.3 is 14.2 Å². The minimum absolute atomic E-state index is 1.18. The number of hydrogen-bond acceptors (Lipinski definition) is 3. The number of piperazine rings is 1. The number of hydrogen-bond donors (Lipinski definition) is 0. The van der Waals surface area contributed by atoms with Gasteiger partial charge in [-0.2, -0.15) is 0 Å². The molecule has 0 radical (unpaired) electrons. The molecule has 1 rings (SSSR count). The van der Waals surface area contributed by atoms with Crippen LogP contribution in [0, 0.1) is 0 Å². The summed E-state index contributed by atoms with van der Waals surface area (Å²) < 4.78 is 5.58. The highest BCUT2D eigenvalue weighted by molar-refractivity contribution is 6.71. The molecule has 0 aromatic rings. The SMILES string of the molecule is CCN1CCN(C[Si](C)(C)OC)CC1. The Morgan fingerprint density at radius 1 is 1.07 bits per heavy atom. The van der Waals surface area contributed by atoms with Gasteiger partial charge >= 0.3 is 0 Å². The predicted molar refractivity (Wildman–Crippen MR) is 63.0 cm³/mol. The van der Waals surface area contributed by atoms with Crippen molar-refractivity contribution in [2.45, 2.75) is 20.0 Å². The Morgan fingerprint density at radius 3 is 2.00 bits per heavy atom. The highest BCUT2D eigenvalue weighted by Crippen LogP contribution is 2.08. The van der Waals surface area contributed by atoms with E-state index in [1.165, 1.54) is 38.9 Å². The van der Waals surface area contributed by atoms with Crippen LogP contribution in [-0.2, 0) is 4.43 Å². The van der Waals surface area contributed by atoms with Crippen LogP contribution in [-0.4, -0.2) is 64.1 Å². The lowest BCUT2D eigenvalue weighted by molar-refractivity contribution is 0.147. The Balaban J connectivity index is 2.28. The average molecular weight is 216 g/mol. The maximum absolute atomic E-state index is 5.58. The molecule has 1 heterocycles. The van der Waals surface area contributed by atoms with Crippen LogP contribution in [0.4, 0.5) is 0 Å². The summed E-state index contributed by atoms with van der Waals surface area (Å²) in [5.41, 5.74) is 0. The third-order valence-corrected chi connectivity index (χ3v) is 5.38. The predicted octanol–water partition coefficient (Wildman–Crippen LogP) is 1.01. The van der Waals surface area contributed by atoms with Crippen molar-refractivity contribution < 1.29 is 4.43 Å². The summed E-state index contributed by atoms with van der Waals surface area (Å²) in [5.74, 6) is 0. The van der Waals surface area contributed by atoms with Crippen LogP contribution in [0.2, 0.25) is 13.1 Å². The molecule has 1 saturated heterocycles. The van der Waals surface area contributed by atoms with Crippen LogP contribution in [0.5, 0.6) is 0 Å². The molecule has 0 aliphatic carbocycles. The van der Waals surface area contributed by atoms with Gasteiger partial charge in [0.25, 0.3) is 0 Å². The minimum atomic E-state index is -1.39. The molecule has 0 aromatic heterocycles. The molecule has 0 spiro atoms. The molecule has 3 nitrogen and oxygen atoms in total. The maximum atomic E-state index is 5.58. The minimum Gasteiger partial charge on any atom is -0.419 e. The Kier molecular flexibility index (Phi) is 4.57. The second kappa shape index (κ2) is 5.26. The summed E-state index contributed by atoms with van der Waals surface area (Å²) >= 11 is 0. The zero-order chi connectivity index (χ0) is 10.6. The first-order chi connectivity index (χ1) is 6.57. The smallest absolute Gasteiger partial charge is 0.199 e. The lowest BCUT2D eigenvalue weighted by Gasteiger charge is -2.37. The fourth-order valence-corrected chi connectivity index (χ4v) is 3.39. The molecule has 0 unspecified atom stereocenters. The van der Waals surface area contributed by atoms with Gasteiger partial charge in [0.15, 0.2) is 8.32 Å². The Labute approximate surface area is 89.2 Å². The third kappa shape index (κ3) is 3.69. The van der Waals surface area contributed by atoms with Crippen LogP contribution >= 0.6 is 0 Å². The fraction of sp³-hybridized carbons (Fsp3) is 1.00. The molecular formula is C10H24N2OSi. The molecule has 4 heteroatoms. The van der Waals surface area contributed by atoms with Gasteiger partial charge in [0.05, 0.1) is 0 Å². The van der Waals surface area contributed by atoms with Crippen molar-refractivity contribution in [1.29, 1.82) is 0 Å². The van der Waals surface area contributed by atoms with Crippen molar-refractivity contribution in [3.8, 4) is 0 Å². The molecule has 1 aliphatic rings. The summed E-state index contributed by atoms with van der Waals surface area (Å²) in [6.45, 7) is 12.9. The number of rotatable bonds is 4. The third-order valence-electron chi connectivity index (χ3n) is 3.07. The molecule has 84 valence electrons. The second-order valence-electron chi connectivity index (χ2n) is 4.67. The van der Waals surface area contributed by atoms with Crippen molar-refractivity contribution >= 4 is 8.32 Å². The quantitative estimate of drug-likeness (QED) is 0.653. The molecule has 0 N–H and O–H groups in total. The van der Waals surface area contributed by atoms with E-state index in [4.69, 9.17) is 4.43 Å². The fourth-order valence-electron chi connectivity index (χ4n) is 1.87. The summed E-state index contributed by atoms with van der Waals surface area (Å²) in [4.78, 5) is 5.07. The maximum Gasteiger partial charge on any atom is 0.199 e. The van der Waals surface area contributed by atoms with Gasteiger partial charge in [0, 0.05) is 39.5 Å². The van der Waals surface area contributed by atoms with Crippen molar-refractivity contribution in [2.24, 2.45) is 0 Å². The molecule has 1 aliphatic heterocycles. The average Bonchev–Trinajstić information content (AvgIpc) is 2.19. The van der Waals surface area contributed by atoms with Gasteiger partial charge in [0.1, 0.15) is 0 Å². The normalized spacial score (nSPS) is 21.4. The molecule has 0 aromatic carbocycles. The van der Waals surface area contributed by atoms with E-state index in [9.17, 15) is 0 Å². The van der Waals surface area contributed by atoms with Crippen molar-refractivity contribution in [3.63, 3.8) is 0 Å². The van der Waals surface area contributed by atoms with E-state index in [1.54, 1.807) is 0 Å². The Morgan fingerprint density at radius 2 is 1.57 bits per heavy atom. The van der Waals surface area contributed by atoms with E-state index >= 15 is 0 Å². The van der Waals surface area contributed by atoms with E-state index in [0.29, 0.717) is 0 Å². The van der Waals surface area contributed by atoms with E-state index in [-0.39, 0.29) is 0 Å². The Bertz CT molecular complexity index is 168. The monoisotopic (exact) mass is 216 g/mol. The van der Waals surface area contributed by atoms with Gasteiger partial charge in [0.2, 0.25) is 0 Å². The van der Waals surface area contributed by atoms with E-state index in [2.05, 4.69) is 29.8 Å². The van der Waals surface area contributed by atoms with Crippen molar-refractivity contribution in [2.75, 3.05) is 46.0 Å². The first-order valence-corrected chi connectivity index (χ1v) is 8.69. The largest absolute Gasteiger partial charge is 0.419 e. The highest BCUT2D eigenvalue weighted by atomic mass is 28.4. The summed E-state index contributed by atoms with van der Waals surface area (Å²) in [7, 11) is 0.466. The highest BCUT2D eigenvalue weighted by Gasteiger charge is 2.26. The van der Waals surface area contributed by atoms with Gasteiger partial charge in [-0.1, -0.05) is 6.92 Å². The lowest BCUT2D eigenvalue weighted by atomic mass is 10.3. The molecule has 0 amide bonds. The first kappa shape index (κ1) is 12.2. The number of likely N-dealkylation sites (N-methyl/N-ethyl adjacent to an activating group) is 1. The van der Waals surface area contributed by atoms with Gasteiger partial charge in [-0.25, -0.2) is 0 Å². The van der Waals surface area contributed by atoms with Crippen LogP contribution in [0.25, 0.3) is 0 Å². The standard InChI is InChI=1S/C10H24N2OSi/c1-5-11-6-8-12(9-7-11)10-14(3,4)13-2/h5-10H2,1-4H3. The Hall–Kier alpha value is 0.0969.